The van der Waals surface area contributed by atoms with Crippen LogP contribution in [0, 0.1) is 0 Å². The van der Waals surface area contributed by atoms with Crippen LogP contribution in [-0.4, -0.2) is 22.2 Å². The van der Waals surface area contributed by atoms with Crippen molar-refractivity contribution in [1.29, 1.82) is 0 Å². The standard InChI is InChI=1S/C13H15N3O2S/c1-2-12(17)14-7-8-16-13(18)6-5-10(15-16)11-4-3-9-19-11/h3-6,9H,2,7-8H2,1H3,(H,14,17). The van der Waals surface area contributed by atoms with Gasteiger partial charge in [-0.05, 0) is 17.5 Å². The van der Waals surface area contributed by atoms with Crippen LogP contribution in [0.4, 0.5) is 0 Å². The maximum absolute atomic E-state index is 11.7. The number of hydrogen-bond donors (Lipinski definition) is 1. The van der Waals surface area contributed by atoms with Crippen LogP contribution in [0.3, 0.4) is 0 Å². The van der Waals surface area contributed by atoms with Crippen molar-refractivity contribution < 1.29 is 4.79 Å². The molecule has 0 unspecified atom stereocenters. The van der Waals surface area contributed by atoms with E-state index in [0.717, 1.165) is 10.6 Å². The molecule has 0 aliphatic heterocycles. The van der Waals surface area contributed by atoms with Crippen molar-refractivity contribution in [2.45, 2.75) is 19.9 Å². The molecule has 100 valence electrons. The largest absolute Gasteiger partial charge is 0.354 e. The lowest BCUT2D eigenvalue weighted by Gasteiger charge is -2.07. The van der Waals surface area contributed by atoms with Gasteiger partial charge >= 0.3 is 0 Å². The number of hydrogen-bond acceptors (Lipinski definition) is 4. The van der Waals surface area contributed by atoms with Gasteiger partial charge in [0, 0.05) is 19.0 Å². The van der Waals surface area contributed by atoms with Gasteiger partial charge < -0.3 is 5.32 Å². The van der Waals surface area contributed by atoms with E-state index in [0.29, 0.717) is 19.5 Å². The predicted molar refractivity (Wildman–Crippen MR) is 75.1 cm³/mol. The molecule has 0 radical (unpaired) electrons. The second kappa shape index (κ2) is 6.29. The Balaban J connectivity index is 2.10. The Bertz CT molecular complexity index is 605. The van der Waals surface area contributed by atoms with Crippen molar-refractivity contribution in [3.8, 4) is 10.6 Å². The molecule has 2 aromatic heterocycles. The van der Waals surface area contributed by atoms with Crippen molar-refractivity contribution in [2.24, 2.45) is 0 Å². The van der Waals surface area contributed by atoms with Crippen molar-refractivity contribution in [2.75, 3.05) is 6.54 Å². The van der Waals surface area contributed by atoms with Crippen LogP contribution in [0.25, 0.3) is 10.6 Å². The Morgan fingerprint density at radius 2 is 2.26 bits per heavy atom. The average Bonchev–Trinajstić information content (AvgIpc) is 2.94. The molecule has 0 saturated carbocycles. The quantitative estimate of drug-likeness (QED) is 0.900. The molecule has 2 aromatic rings. The molecule has 0 aliphatic carbocycles. The summed E-state index contributed by atoms with van der Waals surface area (Å²) in [6.07, 6.45) is 0.442. The van der Waals surface area contributed by atoms with E-state index in [9.17, 15) is 9.59 Å². The van der Waals surface area contributed by atoms with Crippen LogP contribution in [0.15, 0.2) is 34.4 Å². The summed E-state index contributed by atoms with van der Waals surface area (Å²) < 4.78 is 1.38. The van der Waals surface area contributed by atoms with E-state index in [4.69, 9.17) is 0 Å². The summed E-state index contributed by atoms with van der Waals surface area (Å²) in [7, 11) is 0. The van der Waals surface area contributed by atoms with Gasteiger partial charge in [0.15, 0.2) is 0 Å². The summed E-state index contributed by atoms with van der Waals surface area (Å²) >= 11 is 1.58. The van der Waals surface area contributed by atoms with Gasteiger partial charge in [-0.25, -0.2) is 4.68 Å². The third-order valence-corrected chi connectivity index (χ3v) is 3.50. The minimum absolute atomic E-state index is 0.0255. The number of aromatic nitrogens is 2. The zero-order valence-corrected chi connectivity index (χ0v) is 11.4. The molecular formula is C13H15N3O2S. The number of thiophene rings is 1. The van der Waals surface area contributed by atoms with Crippen molar-refractivity contribution in [3.63, 3.8) is 0 Å². The molecule has 0 aliphatic rings. The fourth-order valence-corrected chi connectivity index (χ4v) is 2.28. The Hall–Kier alpha value is -1.95. The predicted octanol–water partition coefficient (Wildman–Crippen LogP) is 1.50. The molecule has 5 nitrogen and oxygen atoms in total. The number of rotatable bonds is 5. The van der Waals surface area contributed by atoms with Gasteiger partial charge in [0.1, 0.15) is 5.69 Å². The molecule has 0 atom stereocenters. The molecule has 0 aromatic carbocycles. The SMILES string of the molecule is CCC(=O)NCCn1nc(-c2cccs2)ccc1=O. The third kappa shape index (κ3) is 3.51. The molecule has 0 bridgehead atoms. The number of carbonyl (C=O) groups is 1. The summed E-state index contributed by atoms with van der Waals surface area (Å²) in [6, 6.07) is 7.12. The van der Waals surface area contributed by atoms with Crippen LogP contribution in [0.2, 0.25) is 0 Å². The highest BCUT2D eigenvalue weighted by Crippen LogP contribution is 2.20. The lowest BCUT2D eigenvalue weighted by molar-refractivity contribution is -0.120. The molecule has 0 fully saturated rings. The average molecular weight is 277 g/mol. The van der Waals surface area contributed by atoms with E-state index >= 15 is 0 Å². The van der Waals surface area contributed by atoms with E-state index < -0.39 is 0 Å². The summed E-state index contributed by atoms with van der Waals surface area (Å²) in [5.74, 6) is -0.0255. The van der Waals surface area contributed by atoms with Gasteiger partial charge in [-0.15, -0.1) is 11.3 Å². The summed E-state index contributed by atoms with van der Waals surface area (Å²) in [6.45, 7) is 2.58. The Morgan fingerprint density at radius 3 is 2.95 bits per heavy atom. The summed E-state index contributed by atoms with van der Waals surface area (Å²) in [5.41, 5.74) is 0.613. The zero-order valence-electron chi connectivity index (χ0n) is 10.6. The molecule has 0 saturated heterocycles. The van der Waals surface area contributed by atoms with E-state index in [1.54, 1.807) is 24.3 Å². The zero-order chi connectivity index (χ0) is 13.7. The molecule has 0 spiro atoms. The molecule has 2 rings (SSSR count). The highest BCUT2D eigenvalue weighted by Gasteiger charge is 2.04. The molecule has 19 heavy (non-hydrogen) atoms. The smallest absolute Gasteiger partial charge is 0.266 e. The number of amides is 1. The number of nitrogens with zero attached hydrogens (tertiary/aromatic N) is 2. The fraction of sp³-hybridized carbons (Fsp3) is 0.308. The highest BCUT2D eigenvalue weighted by atomic mass is 32.1. The maximum atomic E-state index is 11.7. The molecule has 2 heterocycles. The minimum atomic E-state index is -0.161. The van der Waals surface area contributed by atoms with Gasteiger partial charge in [0.2, 0.25) is 5.91 Å². The second-order valence-corrected chi connectivity index (χ2v) is 4.91. The highest BCUT2D eigenvalue weighted by molar-refractivity contribution is 7.13. The fourth-order valence-electron chi connectivity index (χ4n) is 1.59. The first-order chi connectivity index (χ1) is 9.20. The molecule has 6 heteroatoms. The van der Waals surface area contributed by atoms with E-state index in [1.807, 2.05) is 17.5 Å². The van der Waals surface area contributed by atoms with Crippen LogP contribution < -0.4 is 10.9 Å². The minimum Gasteiger partial charge on any atom is -0.354 e. The molecular weight excluding hydrogens is 262 g/mol. The first-order valence-corrected chi connectivity index (χ1v) is 6.97. The van der Waals surface area contributed by atoms with Crippen LogP contribution >= 0.6 is 11.3 Å². The first kappa shape index (κ1) is 13.5. The Morgan fingerprint density at radius 1 is 1.42 bits per heavy atom. The summed E-state index contributed by atoms with van der Waals surface area (Å²) in [5, 5.41) is 8.99. The van der Waals surface area contributed by atoms with Crippen molar-refractivity contribution >= 4 is 17.2 Å². The van der Waals surface area contributed by atoms with Gasteiger partial charge in [0.05, 0.1) is 11.4 Å². The van der Waals surface area contributed by atoms with Gasteiger partial charge in [-0.2, -0.15) is 5.10 Å². The Labute approximate surface area is 114 Å². The topological polar surface area (TPSA) is 64.0 Å². The lowest BCUT2D eigenvalue weighted by Crippen LogP contribution is -2.31. The van der Waals surface area contributed by atoms with Crippen molar-refractivity contribution in [3.05, 3.63) is 40.0 Å². The third-order valence-electron chi connectivity index (χ3n) is 2.61. The van der Waals surface area contributed by atoms with Crippen molar-refractivity contribution in [1.82, 2.24) is 15.1 Å². The second-order valence-electron chi connectivity index (χ2n) is 3.96. The van der Waals surface area contributed by atoms with Gasteiger partial charge in [-0.1, -0.05) is 13.0 Å². The van der Waals surface area contributed by atoms with Crippen LogP contribution in [0.5, 0.6) is 0 Å². The van der Waals surface area contributed by atoms with Gasteiger partial charge in [0.25, 0.3) is 5.56 Å². The molecule has 1 amide bonds. The van der Waals surface area contributed by atoms with E-state index in [2.05, 4.69) is 10.4 Å². The normalized spacial score (nSPS) is 10.4. The summed E-state index contributed by atoms with van der Waals surface area (Å²) in [4.78, 5) is 23.8. The first-order valence-electron chi connectivity index (χ1n) is 6.09. The van der Waals surface area contributed by atoms with Crippen LogP contribution in [-0.2, 0) is 11.3 Å². The number of carbonyl (C=O) groups excluding carboxylic acids is 1. The Kier molecular flexibility index (Phi) is 4.46. The monoisotopic (exact) mass is 277 g/mol. The lowest BCUT2D eigenvalue weighted by atomic mass is 10.3. The van der Waals surface area contributed by atoms with E-state index in [1.165, 1.54) is 10.7 Å². The maximum Gasteiger partial charge on any atom is 0.266 e. The van der Waals surface area contributed by atoms with Crippen LogP contribution in [0.1, 0.15) is 13.3 Å². The van der Waals surface area contributed by atoms with Gasteiger partial charge in [-0.3, -0.25) is 9.59 Å². The number of nitrogens with one attached hydrogen (secondary N) is 1. The molecule has 1 N–H and O–H groups in total. The van der Waals surface area contributed by atoms with E-state index in [-0.39, 0.29) is 11.5 Å².